The molecule has 2 aromatic rings. The first-order valence-corrected chi connectivity index (χ1v) is 9.78. The molecule has 0 saturated heterocycles. The Morgan fingerprint density at radius 2 is 1.52 bits per heavy atom. The van der Waals surface area contributed by atoms with Crippen molar-refractivity contribution in [1.82, 2.24) is 5.32 Å². The highest BCUT2D eigenvalue weighted by molar-refractivity contribution is 6.05. The molecule has 0 aromatic heterocycles. The van der Waals surface area contributed by atoms with Crippen molar-refractivity contribution in [2.45, 2.75) is 45.6 Å². The lowest BCUT2D eigenvalue weighted by Crippen LogP contribution is -2.28. The third-order valence-corrected chi connectivity index (χ3v) is 4.99. The number of hydrogen-bond acceptors (Lipinski definition) is 2. The fourth-order valence-electron chi connectivity index (χ4n) is 3.49. The van der Waals surface area contributed by atoms with Crippen molar-refractivity contribution in [2.24, 2.45) is 0 Å². The van der Waals surface area contributed by atoms with Gasteiger partial charge in [-0.25, -0.2) is 0 Å². The van der Waals surface area contributed by atoms with Crippen molar-refractivity contribution >= 4 is 16.9 Å². The molecule has 2 nitrogen and oxygen atoms in total. The number of allylic oxidation sites excluding steroid dienone is 2. The molecule has 0 aliphatic carbocycles. The summed E-state index contributed by atoms with van der Waals surface area (Å²) >= 11 is 0. The Hall–Kier alpha value is -2.45. The molecule has 0 aliphatic rings. The first-order valence-electron chi connectivity index (χ1n) is 9.78. The Balaban J connectivity index is 2.40. The van der Waals surface area contributed by atoms with Gasteiger partial charge in [0, 0.05) is 18.9 Å². The zero-order chi connectivity index (χ0) is 19.6. The van der Waals surface area contributed by atoms with Gasteiger partial charge in [0.1, 0.15) is 5.78 Å². The van der Waals surface area contributed by atoms with Crippen molar-refractivity contribution in [3.63, 3.8) is 0 Å². The molecular weight excluding hydrogens is 330 g/mol. The van der Waals surface area contributed by atoms with Crippen LogP contribution in [0.2, 0.25) is 0 Å². The van der Waals surface area contributed by atoms with Gasteiger partial charge in [-0.05, 0) is 54.7 Å². The van der Waals surface area contributed by atoms with Gasteiger partial charge in [-0.3, -0.25) is 4.79 Å². The summed E-state index contributed by atoms with van der Waals surface area (Å²) in [5.74, 6) is 0.341. The maximum absolute atomic E-state index is 12.0. The highest BCUT2D eigenvalue weighted by Gasteiger charge is 2.18. The van der Waals surface area contributed by atoms with E-state index in [1.165, 1.54) is 5.57 Å². The highest BCUT2D eigenvalue weighted by atomic mass is 16.1. The lowest BCUT2D eigenvalue weighted by Gasteiger charge is -2.23. The quantitative estimate of drug-likeness (QED) is 0.533. The normalized spacial score (nSPS) is 13.0. The summed E-state index contributed by atoms with van der Waals surface area (Å²) in [4.78, 5) is 12.0. The molecule has 0 heterocycles. The third-order valence-electron chi connectivity index (χ3n) is 4.99. The van der Waals surface area contributed by atoms with Gasteiger partial charge in [0.15, 0.2) is 0 Å². The smallest absolute Gasteiger partial charge is 0.132 e. The molecule has 0 radical (unpaired) electrons. The van der Waals surface area contributed by atoms with Crippen LogP contribution < -0.4 is 5.32 Å². The van der Waals surface area contributed by atoms with E-state index in [1.54, 1.807) is 0 Å². The number of carbonyl (C=O) groups is 1. The van der Waals surface area contributed by atoms with Gasteiger partial charge in [-0.15, -0.1) is 0 Å². The number of ketones is 1. The van der Waals surface area contributed by atoms with Crippen LogP contribution in [-0.4, -0.2) is 18.9 Å². The Labute approximate surface area is 164 Å². The van der Waals surface area contributed by atoms with Crippen LogP contribution >= 0.6 is 0 Å². The van der Waals surface area contributed by atoms with E-state index in [0.29, 0.717) is 18.6 Å². The number of benzene rings is 2. The summed E-state index contributed by atoms with van der Waals surface area (Å²) < 4.78 is 0. The molecule has 2 rings (SSSR count). The van der Waals surface area contributed by atoms with Crippen LogP contribution in [0.4, 0.5) is 0 Å². The lowest BCUT2D eigenvalue weighted by molar-refractivity contribution is -0.119. The SMILES string of the molecule is C=C(/C(=C(/C)C(CCC(=O)CCC)NC)c1ccccc1)c1ccccc1. The molecule has 2 heteroatoms. The summed E-state index contributed by atoms with van der Waals surface area (Å²) in [7, 11) is 1.96. The van der Waals surface area contributed by atoms with Crippen molar-refractivity contribution in [3.8, 4) is 0 Å². The van der Waals surface area contributed by atoms with Crippen LogP contribution in [0.15, 0.2) is 72.8 Å². The number of carbonyl (C=O) groups excluding carboxylic acids is 1. The van der Waals surface area contributed by atoms with Gasteiger partial charge in [0.2, 0.25) is 0 Å². The molecule has 0 amide bonds. The molecule has 1 unspecified atom stereocenters. The fourth-order valence-corrected chi connectivity index (χ4v) is 3.49. The molecular formula is C25H31NO. The minimum absolute atomic E-state index is 0.140. The Morgan fingerprint density at radius 1 is 0.963 bits per heavy atom. The maximum Gasteiger partial charge on any atom is 0.132 e. The predicted molar refractivity (Wildman–Crippen MR) is 117 cm³/mol. The monoisotopic (exact) mass is 361 g/mol. The van der Waals surface area contributed by atoms with E-state index in [4.69, 9.17) is 0 Å². The number of Topliss-reactive ketones (excluding diaryl/α,β-unsaturated/α-hetero) is 1. The number of rotatable bonds is 10. The third kappa shape index (κ3) is 5.77. The van der Waals surface area contributed by atoms with E-state index in [9.17, 15) is 4.79 Å². The van der Waals surface area contributed by atoms with Crippen molar-refractivity contribution < 1.29 is 4.79 Å². The molecule has 0 saturated carbocycles. The molecule has 1 atom stereocenters. The minimum Gasteiger partial charge on any atom is -0.313 e. The molecule has 2 aromatic carbocycles. The van der Waals surface area contributed by atoms with E-state index >= 15 is 0 Å². The Bertz CT molecular complexity index is 774. The second-order valence-corrected chi connectivity index (χ2v) is 6.94. The van der Waals surface area contributed by atoms with Gasteiger partial charge < -0.3 is 5.32 Å². The van der Waals surface area contributed by atoms with Gasteiger partial charge >= 0.3 is 0 Å². The van der Waals surface area contributed by atoms with Crippen LogP contribution in [0.3, 0.4) is 0 Å². The van der Waals surface area contributed by atoms with Crippen LogP contribution in [0.1, 0.15) is 50.7 Å². The molecule has 1 N–H and O–H groups in total. The molecule has 27 heavy (non-hydrogen) atoms. The Morgan fingerprint density at radius 3 is 2.04 bits per heavy atom. The summed E-state index contributed by atoms with van der Waals surface area (Å²) in [6.07, 6.45) is 3.00. The Kier molecular flexibility index (Phi) is 8.22. The van der Waals surface area contributed by atoms with E-state index in [1.807, 2.05) is 31.3 Å². The maximum atomic E-state index is 12.0. The topological polar surface area (TPSA) is 29.1 Å². The summed E-state index contributed by atoms with van der Waals surface area (Å²) in [6.45, 7) is 8.62. The molecule has 0 bridgehead atoms. The van der Waals surface area contributed by atoms with Crippen molar-refractivity contribution in [2.75, 3.05) is 7.05 Å². The number of likely N-dealkylation sites (N-methyl/N-ethyl adjacent to an activating group) is 1. The summed E-state index contributed by atoms with van der Waals surface area (Å²) in [5.41, 5.74) is 5.67. The number of hydrogen-bond donors (Lipinski definition) is 1. The van der Waals surface area contributed by atoms with Gasteiger partial charge in [-0.2, -0.15) is 0 Å². The zero-order valence-electron chi connectivity index (χ0n) is 16.8. The first-order chi connectivity index (χ1) is 13.1. The minimum atomic E-state index is 0.140. The van der Waals surface area contributed by atoms with Crippen LogP contribution in [-0.2, 0) is 4.79 Å². The summed E-state index contributed by atoms with van der Waals surface area (Å²) in [6, 6.07) is 20.8. The molecule has 142 valence electrons. The second-order valence-electron chi connectivity index (χ2n) is 6.94. The highest BCUT2D eigenvalue weighted by Crippen LogP contribution is 2.34. The summed E-state index contributed by atoms with van der Waals surface area (Å²) in [5, 5.41) is 3.40. The van der Waals surface area contributed by atoms with Crippen LogP contribution in [0.25, 0.3) is 11.1 Å². The molecule has 0 aliphatic heterocycles. The van der Waals surface area contributed by atoms with E-state index < -0.39 is 0 Å². The van der Waals surface area contributed by atoms with E-state index in [0.717, 1.165) is 35.1 Å². The largest absolute Gasteiger partial charge is 0.313 e. The first kappa shape index (κ1) is 20.9. The van der Waals surface area contributed by atoms with Gasteiger partial charge in [-0.1, -0.05) is 74.2 Å². The van der Waals surface area contributed by atoms with Crippen molar-refractivity contribution in [1.29, 1.82) is 0 Å². The van der Waals surface area contributed by atoms with Crippen LogP contribution in [0, 0.1) is 0 Å². The zero-order valence-corrected chi connectivity index (χ0v) is 16.8. The fraction of sp³-hybridized carbons (Fsp3) is 0.320. The average Bonchev–Trinajstić information content (AvgIpc) is 2.70. The lowest BCUT2D eigenvalue weighted by atomic mass is 9.86. The second kappa shape index (κ2) is 10.6. The average molecular weight is 362 g/mol. The standard InChI is InChI=1S/C25H31NO/c1-5-12-23(27)17-18-24(26-4)20(3)25(22-15-10-7-11-16-22)19(2)21-13-8-6-9-14-21/h6-11,13-16,24,26H,2,5,12,17-18H2,1,3-4H3/b25-20+. The van der Waals surface area contributed by atoms with Crippen LogP contribution in [0.5, 0.6) is 0 Å². The van der Waals surface area contributed by atoms with Gasteiger partial charge in [0.05, 0.1) is 0 Å². The van der Waals surface area contributed by atoms with E-state index in [2.05, 4.69) is 62.1 Å². The van der Waals surface area contributed by atoms with Gasteiger partial charge in [0.25, 0.3) is 0 Å². The molecule has 0 spiro atoms. The number of nitrogens with one attached hydrogen (secondary N) is 1. The van der Waals surface area contributed by atoms with Crippen molar-refractivity contribution in [3.05, 3.63) is 83.9 Å². The van der Waals surface area contributed by atoms with E-state index in [-0.39, 0.29) is 6.04 Å². The predicted octanol–water partition coefficient (Wildman–Crippen LogP) is 5.91. The molecule has 0 fully saturated rings.